The first-order chi connectivity index (χ1) is 21.4. The summed E-state index contributed by atoms with van der Waals surface area (Å²) in [6.07, 6.45) is 11.2. The lowest BCUT2D eigenvalue weighted by molar-refractivity contribution is -0.142. The Hall–Kier alpha value is -2.98. The highest BCUT2D eigenvalue weighted by atomic mass is 19.1. The highest BCUT2D eigenvalue weighted by molar-refractivity contribution is 6.00. The molecule has 0 spiro atoms. The highest BCUT2D eigenvalue weighted by Crippen LogP contribution is 2.41. The maximum Gasteiger partial charge on any atom is 0.374 e. The summed E-state index contributed by atoms with van der Waals surface area (Å²) >= 11 is 0. The van der Waals surface area contributed by atoms with Gasteiger partial charge in [0.2, 0.25) is 17.6 Å². The SMILES string of the molecule is NC(CF)[C@H]1CC[C@H](C(=O)N2CC[C@@H](C3CCCCC3)[C@H]2C(=O)Nc2ccc3oc(C(=O)OCC4CCCO4)cc3c2)CC1. The Morgan fingerprint density at radius 1 is 1.00 bits per heavy atom. The maximum absolute atomic E-state index is 14.0. The van der Waals surface area contributed by atoms with Gasteiger partial charge in [-0.05, 0) is 87.0 Å². The number of anilines is 1. The Labute approximate surface area is 258 Å². The Balaban J connectivity index is 1.15. The number of likely N-dealkylation sites (tertiary alicyclic amines) is 1. The van der Waals surface area contributed by atoms with Crippen molar-refractivity contribution in [3.63, 3.8) is 0 Å². The number of rotatable bonds is 9. The third-order valence-electron chi connectivity index (χ3n) is 10.6. The highest BCUT2D eigenvalue weighted by Gasteiger charge is 2.47. The van der Waals surface area contributed by atoms with Crippen LogP contribution in [0, 0.1) is 23.7 Å². The van der Waals surface area contributed by atoms with Crippen LogP contribution in [-0.2, 0) is 19.1 Å². The molecule has 9 nitrogen and oxygen atoms in total. The van der Waals surface area contributed by atoms with Crippen LogP contribution in [0.15, 0.2) is 28.7 Å². The number of benzene rings is 1. The number of hydrogen-bond acceptors (Lipinski definition) is 7. The minimum Gasteiger partial charge on any atom is -0.457 e. The third-order valence-corrected chi connectivity index (χ3v) is 10.6. The van der Waals surface area contributed by atoms with Crippen LogP contribution in [0.2, 0.25) is 0 Å². The molecule has 6 rings (SSSR count). The number of nitrogens with one attached hydrogen (secondary N) is 1. The zero-order valence-corrected chi connectivity index (χ0v) is 25.5. The van der Waals surface area contributed by atoms with E-state index in [1.807, 2.05) is 4.90 Å². The number of halogens is 1. The van der Waals surface area contributed by atoms with Crippen molar-refractivity contribution in [2.45, 2.75) is 95.2 Å². The summed E-state index contributed by atoms with van der Waals surface area (Å²) in [6.45, 7) is 0.933. The van der Waals surface area contributed by atoms with Gasteiger partial charge in [0, 0.05) is 36.2 Å². The topological polar surface area (TPSA) is 124 Å². The number of alkyl halides is 1. The molecule has 2 aliphatic carbocycles. The van der Waals surface area contributed by atoms with E-state index in [0.29, 0.717) is 48.6 Å². The van der Waals surface area contributed by atoms with Crippen molar-refractivity contribution in [3.05, 3.63) is 30.0 Å². The molecule has 44 heavy (non-hydrogen) atoms. The van der Waals surface area contributed by atoms with Crippen molar-refractivity contribution in [1.82, 2.24) is 4.90 Å². The summed E-state index contributed by atoms with van der Waals surface area (Å²) in [4.78, 5) is 42.4. The van der Waals surface area contributed by atoms with Crippen molar-refractivity contribution in [3.8, 4) is 0 Å². The number of fused-ring (bicyclic) bond motifs is 1. The predicted octanol–water partition coefficient (Wildman–Crippen LogP) is 5.61. The number of ether oxygens (including phenoxy) is 2. The van der Waals surface area contributed by atoms with Gasteiger partial charge >= 0.3 is 5.97 Å². The van der Waals surface area contributed by atoms with E-state index in [9.17, 15) is 18.8 Å². The molecule has 2 saturated heterocycles. The second kappa shape index (κ2) is 14.0. The van der Waals surface area contributed by atoms with Gasteiger partial charge in [0.15, 0.2) is 0 Å². The lowest BCUT2D eigenvalue weighted by atomic mass is 9.76. The van der Waals surface area contributed by atoms with E-state index in [2.05, 4.69) is 5.32 Å². The van der Waals surface area contributed by atoms with Crippen molar-refractivity contribution in [1.29, 1.82) is 0 Å². The zero-order valence-electron chi connectivity index (χ0n) is 25.5. The molecule has 2 aromatic rings. The van der Waals surface area contributed by atoms with Crippen LogP contribution in [-0.4, -0.2) is 67.3 Å². The molecule has 3 N–H and O–H groups in total. The smallest absolute Gasteiger partial charge is 0.374 e. The van der Waals surface area contributed by atoms with E-state index in [4.69, 9.17) is 19.6 Å². The fourth-order valence-electron chi connectivity index (χ4n) is 8.06. The molecule has 0 radical (unpaired) electrons. The van der Waals surface area contributed by atoms with E-state index < -0.39 is 24.7 Å². The molecule has 0 bridgehead atoms. The number of furan rings is 1. The lowest BCUT2D eigenvalue weighted by Gasteiger charge is -2.36. The van der Waals surface area contributed by atoms with Gasteiger partial charge in [0.25, 0.3) is 0 Å². The van der Waals surface area contributed by atoms with Gasteiger partial charge in [0.1, 0.15) is 24.9 Å². The van der Waals surface area contributed by atoms with Gasteiger partial charge in [-0.25, -0.2) is 9.18 Å². The van der Waals surface area contributed by atoms with Crippen LogP contribution >= 0.6 is 0 Å². The van der Waals surface area contributed by atoms with Crippen LogP contribution in [0.5, 0.6) is 0 Å². The van der Waals surface area contributed by atoms with Crippen LogP contribution in [0.3, 0.4) is 0 Å². The normalized spacial score (nSPS) is 28.7. The fraction of sp³-hybridized carbons (Fsp3) is 0.676. The van der Waals surface area contributed by atoms with Crippen molar-refractivity contribution >= 4 is 34.4 Å². The Morgan fingerprint density at radius 3 is 2.52 bits per heavy atom. The van der Waals surface area contributed by atoms with Crippen LogP contribution in [0.1, 0.15) is 87.6 Å². The second-order valence-corrected chi connectivity index (χ2v) is 13.3. The molecule has 1 aromatic heterocycles. The summed E-state index contributed by atoms with van der Waals surface area (Å²) in [6, 6.07) is 5.92. The van der Waals surface area contributed by atoms with Crippen LogP contribution < -0.4 is 11.1 Å². The summed E-state index contributed by atoms with van der Waals surface area (Å²) in [5.74, 6) is -0.0521. The molecule has 4 aliphatic rings. The number of carbonyl (C=O) groups is 3. The fourth-order valence-corrected chi connectivity index (χ4v) is 8.06. The van der Waals surface area contributed by atoms with E-state index >= 15 is 0 Å². The summed E-state index contributed by atoms with van der Waals surface area (Å²) < 4.78 is 29.8. The molecular weight excluding hydrogens is 565 g/mol. The van der Waals surface area contributed by atoms with Crippen molar-refractivity contribution < 1.29 is 32.7 Å². The Morgan fingerprint density at radius 2 is 1.80 bits per heavy atom. The molecule has 10 heteroatoms. The Bertz CT molecular complexity index is 1310. The summed E-state index contributed by atoms with van der Waals surface area (Å²) in [7, 11) is 0. The minimum absolute atomic E-state index is 0.0483. The predicted molar refractivity (Wildman–Crippen MR) is 164 cm³/mol. The zero-order chi connectivity index (χ0) is 30.6. The van der Waals surface area contributed by atoms with Gasteiger partial charge in [-0.2, -0.15) is 0 Å². The minimum atomic E-state index is -0.543. The quantitative estimate of drug-likeness (QED) is 0.354. The number of amides is 2. The molecule has 4 fully saturated rings. The molecule has 4 atom stereocenters. The third kappa shape index (κ3) is 6.81. The van der Waals surface area contributed by atoms with E-state index in [1.165, 1.54) is 6.42 Å². The first-order valence-corrected chi connectivity index (χ1v) is 16.7. The van der Waals surface area contributed by atoms with Gasteiger partial charge in [-0.3, -0.25) is 9.59 Å². The van der Waals surface area contributed by atoms with Gasteiger partial charge in [0.05, 0.1) is 6.10 Å². The van der Waals surface area contributed by atoms with Gasteiger partial charge < -0.3 is 29.8 Å². The van der Waals surface area contributed by atoms with E-state index in [0.717, 1.165) is 57.8 Å². The number of hydrogen-bond donors (Lipinski definition) is 2. The second-order valence-electron chi connectivity index (χ2n) is 13.3. The first-order valence-electron chi connectivity index (χ1n) is 16.7. The van der Waals surface area contributed by atoms with Gasteiger partial charge in [-0.15, -0.1) is 0 Å². The molecule has 2 unspecified atom stereocenters. The average Bonchev–Trinajstić information content (AvgIpc) is 3.83. The number of esters is 1. The first kappa shape index (κ1) is 31.0. The summed E-state index contributed by atoms with van der Waals surface area (Å²) in [5.41, 5.74) is 7.07. The lowest BCUT2D eigenvalue weighted by Crippen LogP contribution is -2.50. The molecule has 2 aliphatic heterocycles. The van der Waals surface area contributed by atoms with Crippen LogP contribution in [0.4, 0.5) is 10.1 Å². The molecule has 3 heterocycles. The van der Waals surface area contributed by atoms with Crippen molar-refractivity contribution in [2.24, 2.45) is 29.4 Å². The maximum atomic E-state index is 14.0. The van der Waals surface area contributed by atoms with E-state index in [1.54, 1.807) is 24.3 Å². The number of nitrogens with zero attached hydrogens (tertiary/aromatic N) is 1. The molecule has 240 valence electrons. The monoisotopic (exact) mass is 611 g/mol. The number of nitrogens with two attached hydrogens (primary N) is 1. The average molecular weight is 612 g/mol. The van der Waals surface area contributed by atoms with Crippen molar-refractivity contribution in [2.75, 3.05) is 31.7 Å². The molecule has 1 aromatic carbocycles. The Kier molecular flexibility index (Phi) is 9.86. The van der Waals surface area contributed by atoms with E-state index in [-0.39, 0.29) is 48.0 Å². The standard InChI is InChI=1S/C34H46FN3O6/c35-19-28(36)22-8-10-23(11-9-22)33(40)38-15-14-27(21-5-2-1-3-6-21)31(38)32(39)37-25-12-13-29-24(17-25)18-30(44-29)34(41)43-20-26-7-4-16-42-26/h12-13,17-18,21-23,26-28,31H,1-11,14-16,19-20,36H2,(H,37,39)/t22-,23-,26?,27-,28?,31-/m0/s1. The number of carbonyl (C=O) groups excluding carboxylic acids is 3. The largest absolute Gasteiger partial charge is 0.457 e. The summed E-state index contributed by atoms with van der Waals surface area (Å²) in [5, 5.41) is 3.78. The molecule has 2 amide bonds. The molecular formula is C34H46FN3O6. The van der Waals surface area contributed by atoms with Crippen LogP contribution in [0.25, 0.3) is 11.0 Å². The molecule has 2 saturated carbocycles. The van der Waals surface area contributed by atoms with Gasteiger partial charge in [-0.1, -0.05) is 32.1 Å².